The van der Waals surface area contributed by atoms with Crippen LogP contribution in [0.3, 0.4) is 0 Å². The SMILES string of the molecule is COc1ccc(Br)cc1C(=O)CCC(=O)OCC(=O)NC(C)c1ccc(Cl)cc1. The molecule has 1 N–H and O–H groups in total. The first-order chi connectivity index (χ1) is 13.8. The largest absolute Gasteiger partial charge is 0.496 e. The van der Waals surface area contributed by atoms with E-state index < -0.39 is 18.5 Å². The molecular formula is C21H21BrClNO5. The van der Waals surface area contributed by atoms with Crippen molar-refractivity contribution in [2.45, 2.75) is 25.8 Å². The number of Topliss-reactive ketones (excluding diaryl/α,β-unsaturated/α-hetero) is 1. The molecule has 0 aliphatic heterocycles. The summed E-state index contributed by atoms with van der Waals surface area (Å²) in [5.74, 6) is -0.870. The van der Waals surface area contributed by atoms with E-state index in [0.29, 0.717) is 16.3 Å². The number of esters is 1. The topological polar surface area (TPSA) is 81.7 Å². The van der Waals surface area contributed by atoms with Gasteiger partial charge in [0.15, 0.2) is 12.4 Å². The van der Waals surface area contributed by atoms with Gasteiger partial charge in [-0.2, -0.15) is 0 Å². The van der Waals surface area contributed by atoms with E-state index in [1.54, 1.807) is 42.5 Å². The van der Waals surface area contributed by atoms with Crippen molar-refractivity contribution in [3.05, 3.63) is 63.1 Å². The fourth-order valence-corrected chi connectivity index (χ4v) is 3.07. The van der Waals surface area contributed by atoms with Crippen molar-refractivity contribution >= 4 is 45.2 Å². The third kappa shape index (κ3) is 7.18. The van der Waals surface area contributed by atoms with E-state index in [4.69, 9.17) is 21.1 Å². The highest BCUT2D eigenvalue weighted by molar-refractivity contribution is 9.10. The lowest BCUT2D eigenvalue weighted by Gasteiger charge is -2.14. The third-order valence-corrected chi connectivity index (χ3v) is 4.88. The first kappa shape index (κ1) is 22.9. The highest BCUT2D eigenvalue weighted by Crippen LogP contribution is 2.24. The Balaban J connectivity index is 1.78. The number of halogens is 2. The lowest BCUT2D eigenvalue weighted by atomic mass is 10.1. The quantitative estimate of drug-likeness (QED) is 0.420. The van der Waals surface area contributed by atoms with Crippen molar-refractivity contribution in [2.75, 3.05) is 13.7 Å². The molecule has 0 aliphatic carbocycles. The van der Waals surface area contributed by atoms with Crippen LogP contribution in [0.5, 0.6) is 5.75 Å². The molecule has 29 heavy (non-hydrogen) atoms. The molecule has 2 aromatic rings. The summed E-state index contributed by atoms with van der Waals surface area (Å²) in [5, 5.41) is 3.34. The van der Waals surface area contributed by atoms with Crippen LogP contribution in [0.1, 0.15) is 41.7 Å². The molecule has 0 bridgehead atoms. The number of carbonyl (C=O) groups is 3. The molecule has 2 aromatic carbocycles. The van der Waals surface area contributed by atoms with E-state index in [0.717, 1.165) is 10.0 Å². The molecule has 154 valence electrons. The van der Waals surface area contributed by atoms with Crippen LogP contribution < -0.4 is 10.1 Å². The number of hydrogen-bond donors (Lipinski definition) is 1. The second-order valence-electron chi connectivity index (χ2n) is 6.27. The number of hydrogen-bond acceptors (Lipinski definition) is 5. The lowest BCUT2D eigenvalue weighted by Crippen LogP contribution is -2.31. The number of ketones is 1. The zero-order chi connectivity index (χ0) is 21.4. The minimum Gasteiger partial charge on any atom is -0.496 e. The van der Waals surface area contributed by atoms with Crippen LogP contribution in [0.4, 0.5) is 0 Å². The molecule has 0 radical (unpaired) electrons. The zero-order valence-electron chi connectivity index (χ0n) is 16.0. The number of carbonyl (C=O) groups excluding carboxylic acids is 3. The van der Waals surface area contributed by atoms with Crippen LogP contribution in [0.15, 0.2) is 46.9 Å². The molecule has 0 saturated carbocycles. The first-order valence-corrected chi connectivity index (χ1v) is 10.0. The Kier molecular flexibility index (Phi) is 8.67. The maximum Gasteiger partial charge on any atom is 0.306 e. The van der Waals surface area contributed by atoms with Gasteiger partial charge in [0.2, 0.25) is 0 Å². The van der Waals surface area contributed by atoms with E-state index in [1.807, 2.05) is 6.92 Å². The maximum atomic E-state index is 12.3. The van der Waals surface area contributed by atoms with Crippen molar-refractivity contribution in [3.63, 3.8) is 0 Å². The summed E-state index contributed by atoms with van der Waals surface area (Å²) in [6, 6.07) is 11.9. The number of rotatable bonds is 9. The lowest BCUT2D eigenvalue weighted by molar-refractivity contribution is -0.148. The molecule has 0 spiro atoms. The standard InChI is InChI=1S/C21H21BrClNO5/c1-13(14-3-6-16(23)7-4-14)24-20(26)12-29-21(27)10-8-18(25)17-11-15(22)5-9-19(17)28-2/h3-7,9,11,13H,8,10,12H2,1-2H3,(H,24,26). The summed E-state index contributed by atoms with van der Waals surface area (Å²) in [7, 11) is 1.47. The van der Waals surface area contributed by atoms with Crippen molar-refractivity contribution in [1.82, 2.24) is 5.32 Å². The van der Waals surface area contributed by atoms with Crippen molar-refractivity contribution in [2.24, 2.45) is 0 Å². The molecule has 8 heteroatoms. The van der Waals surface area contributed by atoms with Crippen molar-refractivity contribution < 1.29 is 23.9 Å². The van der Waals surface area contributed by atoms with Gasteiger partial charge < -0.3 is 14.8 Å². The Hall–Kier alpha value is -2.38. The van der Waals surface area contributed by atoms with Crippen molar-refractivity contribution in [3.8, 4) is 5.75 Å². The fourth-order valence-electron chi connectivity index (χ4n) is 2.58. The van der Waals surface area contributed by atoms with E-state index in [1.165, 1.54) is 7.11 Å². The van der Waals surface area contributed by atoms with Crippen LogP contribution in [0.2, 0.25) is 5.02 Å². The summed E-state index contributed by atoms with van der Waals surface area (Å²) in [5.41, 5.74) is 1.26. The van der Waals surface area contributed by atoms with Gasteiger partial charge in [0, 0.05) is 15.9 Å². The normalized spacial score (nSPS) is 11.4. The molecule has 0 heterocycles. The van der Waals surface area contributed by atoms with Gasteiger partial charge in [-0.25, -0.2) is 0 Å². The molecule has 0 aromatic heterocycles. The fraction of sp³-hybridized carbons (Fsp3) is 0.286. The molecule has 2 rings (SSSR count). The minimum atomic E-state index is -0.624. The highest BCUT2D eigenvalue weighted by Gasteiger charge is 2.16. The molecule has 1 atom stereocenters. The maximum absolute atomic E-state index is 12.3. The van der Waals surface area contributed by atoms with Gasteiger partial charge in [0.1, 0.15) is 5.75 Å². The summed E-state index contributed by atoms with van der Waals surface area (Å²) in [6.45, 7) is 1.40. The van der Waals surface area contributed by atoms with Crippen LogP contribution in [-0.4, -0.2) is 31.4 Å². The first-order valence-electron chi connectivity index (χ1n) is 8.87. The Labute approximate surface area is 182 Å². The molecule has 6 nitrogen and oxygen atoms in total. The number of ether oxygens (including phenoxy) is 2. The van der Waals surface area contributed by atoms with Crippen LogP contribution in [0, 0.1) is 0 Å². The molecule has 0 saturated heterocycles. The molecule has 1 unspecified atom stereocenters. The number of amides is 1. The Bertz CT molecular complexity index is 885. The second kappa shape index (κ2) is 11.0. The van der Waals surface area contributed by atoms with Gasteiger partial charge in [-0.3, -0.25) is 14.4 Å². The van der Waals surface area contributed by atoms with E-state index in [-0.39, 0.29) is 24.7 Å². The zero-order valence-corrected chi connectivity index (χ0v) is 18.4. The van der Waals surface area contributed by atoms with Crippen LogP contribution >= 0.6 is 27.5 Å². The Morgan fingerprint density at radius 1 is 1.10 bits per heavy atom. The summed E-state index contributed by atoms with van der Waals surface area (Å²) >= 11 is 9.15. The van der Waals surface area contributed by atoms with E-state index >= 15 is 0 Å². The van der Waals surface area contributed by atoms with Crippen LogP contribution in [0.25, 0.3) is 0 Å². The summed E-state index contributed by atoms with van der Waals surface area (Å²) < 4.78 is 10.9. The smallest absolute Gasteiger partial charge is 0.306 e. The molecule has 0 fully saturated rings. The highest BCUT2D eigenvalue weighted by atomic mass is 79.9. The average molecular weight is 483 g/mol. The summed E-state index contributed by atoms with van der Waals surface area (Å²) in [6.07, 6.45) is -0.178. The average Bonchev–Trinajstić information content (AvgIpc) is 2.70. The van der Waals surface area contributed by atoms with Gasteiger partial charge >= 0.3 is 5.97 Å². The monoisotopic (exact) mass is 481 g/mol. The van der Waals surface area contributed by atoms with E-state index in [9.17, 15) is 14.4 Å². The van der Waals surface area contributed by atoms with E-state index in [2.05, 4.69) is 21.2 Å². The predicted octanol–water partition coefficient (Wildman–Crippen LogP) is 4.49. The minimum absolute atomic E-state index is 0.0472. The van der Waals surface area contributed by atoms with Crippen molar-refractivity contribution in [1.29, 1.82) is 0 Å². The number of methoxy groups -OCH3 is 1. The van der Waals surface area contributed by atoms with Gasteiger partial charge in [-0.1, -0.05) is 39.7 Å². The third-order valence-electron chi connectivity index (χ3n) is 4.13. The molecular weight excluding hydrogens is 462 g/mol. The van der Waals surface area contributed by atoms with Gasteiger partial charge in [0.05, 0.1) is 25.1 Å². The summed E-state index contributed by atoms with van der Waals surface area (Å²) in [4.78, 5) is 36.2. The Morgan fingerprint density at radius 2 is 1.79 bits per heavy atom. The second-order valence-corrected chi connectivity index (χ2v) is 7.62. The van der Waals surface area contributed by atoms with Gasteiger partial charge in [-0.15, -0.1) is 0 Å². The molecule has 0 aliphatic rings. The Morgan fingerprint density at radius 3 is 2.45 bits per heavy atom. The van der Waals surface area contributed by atoms with Gasteiger partial charge in [0.25, 0.3) is 5.91 Å². The van der Waals surface area contributed by atoms with Gasteiger partial charge in [-0.05, 0) is 42.8 Å². The molecule has 1 amide bonds. The number of nitrogens with one attached hydrogen (secondary N) is 1. The van der Waals surface area contributed by atoms with Crippen LogP contribution in [-0.2, 0) is 14.3 Å². The predicted molar refractivity (Wildman–Crippen MR) is 113 cm³/mol. The number of benzene rings is 2.